The van der Waals surface area contributed by atoms with Crippen LogP contribution in [-0.4, -0.2) is 46.5 Å². The van der Waals surface area contributed by atoms with Gasteiger partial charge in [-0.05, 0) is 12.5 Å². The van der Waals surface area contributed by atoms with Gasteiger partial charge < -0.3 is 14.8 Å². The van der Waals surface area contributed by atoms with E-state index in [1.807, 2.05) is 16.9 Å². The van der Waals surface area contributed by atoms with Gasteiger partial charge >= 0.3 is 5.97 Å². The largest absolute Gasteiger partial charge is 0.481 e. The van der Waals surface area contributed by atoms with Crippen LogP contribution >= 0.6 is 11.8 Å². The maximum atomic E-state index is 10.6. The molecule has 0 saturated carbocycles. The summed E-state index contributed by atoms with van der Waals surface area (Å²) in [7, 11) is 0. The van der Waals surface area contributed by atoms with E-state index in [9.17, 15) is 9.90 Å². The molecule has 9 heteroatoms. The summed E-state index contributed by atoms with van der Waals surface area (Å²) < 4.78 is 3.56. The average Bonchev–Trinajstić information content (AvgIpc) is 3.06. The molecule has 0 spiro atoms. The summed E-state index contributed by atoms with van der Waals surface area (Å²) >= 11 is 1.10. The third-order valence-electron chi connectivity index (χ3n) is 2.59. The maximum absolute atomic E-state index is 10.6. The number of carbonyl (C=O) groups is 1. The van der Waals surface area contributed by atoms with E-state index in [-0.39, 0.29) is 12.4 Å². The van der Waals surface area contributed by atoms with E-state index < -0.39 is 5.97 Å². The minimum absolute atomic E-state index is 0.0806. The van der Waals surface area contributed by atoms with Crippen molar-refractivity contribution < 1.29 is 15.0 Å². The highest BCUT2D eigenvalue weighted by Gasteiger charge is 2.13. The Morgan fingerprint density at radius 3 is 2.85 bits per heavy atom. The van der Waals surface area contributed by atoms with Crippen LogP contribution in [0.15, 0.2) is 23.6 Å². The molecule has 2 rings (SSSR count). The quantitative estimate of drug-likeness (QED) is 0.672. The number of aryl methyl sites for hydroxylation is 1. The highest BCUT2D eigenvalue weighted by atomic mass is 32.2. The van der Waals surface area contributed by atoms with Crippen molar-refractivity contribution in [2.45, 2.75) is 31.3 Å². The van der Waals surface area contributed by atoms with E-state index in [4.69, 9.17) is 5.11 Å². The minimum atomic E-state index is -0.911. The normalized spacial score (nSPS) is 10.8. The zero-order valence-electron chi connectivity index (χ0n) is 10.7. The van der Waals surface area contributed by atoms with Crippen LogP contribution in [0.3, 0.4) is 0 Å². The maximum Gasteiger partial charge on any atom is 0.313 e. The lowest BCUT2D eigenvalue weighted by molar-refractivity contribution is -0.133. The van der Waals surface area contributed by atoms with Crippen LogP contribution in [0.25, 0.3) is 0 Å². The first-order chi connectivity index (χ1) is 9.70. The molecule has 0 unspecified atom stereocenters. The molecule has 0 amide bonds. The summed E-state index contributed by atoms with van der Waals surface area (Å²) in [5.74, 6) is -0.548. The monoisotopic (exact) mass is 297 g/mol. The fourth-order valence-corrected chi connectivity index (χ4v) is 2.42. The van der Waals surface area contributed by atoms with Crippen LogP contribution in [0.2, 0.25) is 0 Å². The third kappa shape index (κ3) is 3.81. The van der Waals surface area contributed by atoms with Crippen molar-refractivity contribution in [3.63, 3.8) is 0 Å². The van der Waals surface area contributed by atoms with E-state index in [0.29, 0.717) is 17.5 Å². The molecular weight excluding hydrogens is 282 g/mol. The number of carboxylic acids is 1. The van der Waals surface area contributed by atoms with Crippen LogP contribution in [0.1, 0.15) is 12.2 Å². The number of aliphatic carboxylic acids is 1. The molecule has 2 aromatic heterocycles. The van der Waals surface area contributed by atoms with Gasteiger partial charge in [-0.3, -0.25) is 9.48 Å². The first-order valence-corrected chi connectivity index (χ1v) is 7.04. The predicted octanol–water partition coefficient (Wildman–Crippen LogP) is 0.234. The highest BCUT2D eigenvalue weighted by molar-refractivity contribution is 7.99. The first-order valence-electron chi connectivity index (χ1n) is 6.05. The summed E-state index contributed by atoms with van der Waals surface area (Å²) in [5, 5.41) is 30.3. The van der Waals surface area contributed by atoms with Crippen molar-refractivity contribution in [1.82, 2.24) is 24.5 Å². The number of aromatic nitrogens is 5. The second-order valence-electron chi connectivity index (χ2n) is 4.01. The number of thioether (sulfide) groups is 1. The first kappa shape index (κ1) is 14.5. The van der Waals surface area contributed by atoms with Gasteiger partial charge in [-0.25, -0.2) is 0 Å². The van der Waals surface area contributed by atoms with Crippen molar-refractivity contribution in [2.75, 3.05) is 5.75 Å². The molecule has 20 heavy (non-hydrogen) atoms. The lowest BCUT2D eigenvalue weighted by Gasteiger charge is -2.08. The molecule has 0 aliphatic heterocycles. The number of aliphatic hydroxyl groups excluding tert-OH is 1. The van der Waals surface area contributed by atoms with Crippen LogP contribution in [0.4, 0.5) is 0 Å². The summed E-state index contributed by atoms with van der Waals surface area (Å²) in [6.45, 7) is 1.12. The molecule has 0 fully saturated rings. The zero-order valence-corrected chi connectivity index (χ0v) is 11.5. The Balaban J connectivity index is 1.96. The van der Waals surface area contributed by atoms with Crippen LogP contribution < -0.4 is 0 Å². The second kappa shape index (κ2) is 7.06. The summed E-state index contributed by atoms with van der Waals surface area (Å²) in [4.78, 5) is 10.6. The Morgan fingerprint density at radius 2 is 2.20 bits per heavy atom. The van der Waals surface area contributed by atoms with Gasteiger partial charge in [-0.15, -0.1) is 10.2 Å². The van der Waals surface area contributed by atoms with Gasteiger partial charge in [0.15, 0.2) is 11.0 Å². The topological polar surface area (TPSA) is 106 Å². The number of aliphatic hydroxyl groups is 1. The molecule has 2 aromatic rings. The third-order valence-corrected chi connectivity index (χ3v) is 3.54. The van der Waals surface area contributed by atoms with Gasteiger partial charge in [0.25, 0.3) is 0 Å². The molecule has 2 heterocycles. The Labute approximate surface area is 119 Å². The van der Waals surface area contributed by atoms with Crippen LogP contribution in [-0.2, 0) is 24.5 Å². The van der Waals surface area contributed by atoms with Gasteiger partial charge in [0.2, 0.25) is 0 Å². The highest BCUT2D eigenvalue weighted by Crippen LogP contribution is 2.17. The van der Waals surface area contributed by atoms with Gasteiger partial charge in [0.1, 0.15) is 6.61 Å². The molecular formula is C11H15N5O3S. The van der Waals surface area contributed by atoms with E-state index in [1.54, 1.807) is 10.8 Å². The predicted molar refractivity (Wildman–Crippen MR) is 71.1 cm³/mol. The van der Waals surface area contributed by atoms with E-state index in [0.717, 1.165) is 24.7 Å². The molecule has 8 nitrogen and oxygen atoms in total. The number of hydrogen-bond donors (Lipinski definition) is 2. The van der Waals surface area contributed by atoms with E-state index >= 15 is 0 Å². The standard InChI is InChI=1S/C11H15N5O3S/c17-7-9-13-14-11(20-8-10(18)19)16(9)6-2-5-15-4-1-3-12-15/h1,3-4,17H,2,5-8H2,(H,18,19). The Bertz CT molecular complexity index is 554. The Hall–Kier alpha value is -1.87. The minimum Gasteiger partial charge on any atom is -0.481 e. The van der Waals surface area contributed by atoms with Gasteiger partial charge in [-0.1, -0.05) is 11.8 Å². The molecule has 0 aliphatic carbocycles. The number of rotatable bonds is 8. The fourth-order valence-electron chi connectivity index (χ4n) is 1.72. The molecule has 108 valence electrons. The molecule has 0 bridgehead atoms. The summed E-state index contributed by atoms with van der Waals surface area (Å²) in [5.41, 5.74) is 0. The molecule has 0 saturated heterocycles. The van der Waals surface area contributed by atoms with Crippen molar-refractivity contribution in [1.29, 1.82) is 0 Å². The lowest BCUT2D eigenvalue weighted by atomic mass is 10.4. The Kier molecular flexibility index (Phi) is 5.13. The van der Waals surface area contributed by atoms with Crippen LogP contribution in [0, 0.1) is 0 Å². The van der Waals surface area contributed by atoms with Gasteiger partial charge in [0.05, 0.1) is 5.75 Å². The second-order valence-corrected chi connectivity index (χ2v) is 4.96. The fraction of sp³-hybridized carbons (Fsp3) is 0.455. The SMILES string of the molecule is O=C(O)CSc1nnc(CO)n1CCCn1cccn1. The average molecular weight is 297 g/mol. The van der Waals surface area contributed by atoms with Crippen molar-refractivity contribution in [2.24, 2.45) is 0 Å². The summed E-state index contributed by atoms with van der Waals surface area (Å²) in [6, 6.07) is 1.85. The van der Waals surface area contributed by atoms with Gasteiger partial charge in [-0.2, -0.15) is 5.10 Å². The molecule has 0 aromatic carbocycles. The zero-order chi connectivity index (χ0) is 14.4. The van der Waals surface area contributed by atoms with Gasteiger partial charge in [0, 0.05) is 25.5 Å². The molecule has 2 N–H and O–H groups in total. The smallest absolute Gasteiger partial charge is 0.313 e. The van der Waals surface area contributed by atoms with Crippen molar-refractivity contribution in [3.8, 4) is 0 Å². The van der Waals surface area contributed by atoms with E-state index in [1.165, 1.54) is 0 Å². The lowest BCUT2D eigenvalue weighted by Crippen LogP contribution is -2.09. The molecule has 0 radical (unpaired) electrons. The summed E-state index contributed by atoms with van der Waals surface area (Å²) in [6.07, 6.45) is 4.37. The number of hydrogen-bond acceptors (Lipinski definition) is 6. The molecule has 0 aliphatic rings. The van der Waals surface area contributed by atoms with Crippen molar-refractivity contribution in [3.05, 3.63) is 24.3 Å². The number of nitrogens with zero attached hydrogens (tertiary/aromatic N) is 5. The van der Waals surface area contributed by atoms with E-state index in [2.05, 4.69) is 15.3 Å². The molecule has 0 atom stereocenters. The van der Waals surface area contributed by atoms with Crippen molar-refractivity contribution >= 4 is 17.7 Å². The van der Waals surface area contributed by atoms with Crippen LogP contribution in [0.5, 0.6) is 0 Å². The number of carboxylic acid groups (broad SMARTS) is 1. The Morgan fingerprint density at radius 1 is 1.35 bits per heavy atom.